The van der Waals surface area contributed by atoms with Crippen molar-refractivity contribution in [3.63, 3.8) is 0 Å². The summed E-state index contributed by atoms with van der Waals surface area (Å²) in [6.07, 6.45) is 0.818. The van der Waals surface area contributed by atoms with E-state index < -0.39 is 0 Å². The number of rotatable bonds is 3. The average Bonchev–Trinajstić information content (AvgIpc) is 2.97. The minimum atomic E-state index is 0.590. The number of aromatic amines is 1. The summed E-state index contributed by atoms with van der Waals surface area (Å²) in [5.41, 5.74) is 3.60. The van der Waals surface area contributed by atoms with Crippen LogP contribution in [0, 0.1) is 6.92 Å². The number of nitrogens with zero attached hydrogens (tertiary/aromatic N) is 2. The predicted molar refractivity (Wildman–Crippen MR) is 77.4 cm³/mol. The maximum atomic E-state index is 10.8. The van der Waals surface area contributed by atoms with E-state index in [9.17, 15) is 4.79 Å². The smallest absolute Gasteiger partial charge is 0.181 e. The number of hydrogen-bond acceptors (Lipinski definition) is 3. The van der Waals surface area contributed by atoms with Crippen LogP contribution in [0.2, 0.25) is 0 Å². The van der Waals surface area contributed by atoms with E-state index in [2.05, 4.69) is 15.2 Å². The van der Waals surface area contributed by atoms with Gasteiger partial charge < -0.3 is 0 Å². The minimum absolute atomic E-state index is 0.590. The van der Waals surface area contributed by atoms with Crippen LogP contribution in [0.1, 0.15) is 15.9 Å². The van der Waals surface area contributed by atoms with Gasteiger partial charge in [-0.1, -0.05) is 42.5 Å². The maximum absolute atomic E-state index is 10.8. The number of H-pyrrole nitrogens is 1. The third-order valence-corrected chi connectivity index (χ3v) is 3.17. The number of hydrogen-bond donors (Lipinski definition) is 1. The van der Waals surface area contributed by atoms with Gasteiger partial charge in [0.2, 0.25) is 0 Å². The van der Waals surface area contributed by atoms with Crippen LogP contribution in [0.5, 0.6) is 0 Å². The molecule has 0 aliphatic rings. The summed E-state index contributed by atoms with van der Waals surface area (Å²) in [4.78, 5) is 15.3. The predicted octanol–water partition coefficient (Wildman–Crippen LogP) is 3.26. The first-order valence-electron chi connectivity index (χ1n) is 6.32. The first-order chi connectivity index (χ1) is 9.78. The number of nitrogens with one attached hydrogen (secondary N) is 1. The Morgan fingerprint density at radius 1 is 1.10 bits per heavy atom. The van der Waals surface area contributed by atoms with Crippen LogP contribution in [0.4, 0.5) is 0 Å². The summed E-state index contributed by atoms with van der Waals surface area (Å²) in [5.74, 6) is 1.32. The van der Waals surface area contributed by atoms with Gasteiger partial charge in [-0.15, -0.1) is 0 Å². The highest BCUT2D eigenvalue weighted by molar-refractivity contribution is 5.77. The Hall–Kier alpha value is -2.75. The van der Waals surface area contributed by atoms with Gasteiger partial charge in [-0.3, -0.25) is 9.89 Å². The van der Waals surface area contributed by atoms with Gasteiger partial charge in [0.1, 0.15) is 6.29 Å². The van der Waals surface area contributed by atoms with Crippen LogP contribution < -0.4 is 0 Å². The number of benzene rings is 2. The fourth-order valence-electron chi connectivity index (χ4n) is 2.10. The molecule has 98 valence electrons. The van der Waals surface area contributed by atoms with Crippen LogP contribution in [0.25, 0.3) is 22.8 Å². The van der Waals surface area contributed by atoms with E-state index in [1.807, 2.05) is 43.3 Å². The molecule has 0 bridgehead atoms. The highest BCUT2D eigenvalue weighted by Crippen LogP contribution is 2.22. The Kier molecular flexibility index (Phi) is 3.13. The highest BCUT2D eigenvalue weighted by Gasteiger charge is 2.09. The zero-order valence-corrected chi connectivity index (χ0v) is 11.0. The van der Waals surface area contributed by atoms with Crippen LogP contribution in [-0.2, 0) is 0 Å². The monoisotopic (exact) mass is 263 g/mol. The number of carbonyl (C=O) groups is 1. The summed E-state index contributed by atoms with van der Waals surface area (Å²) < 4.78 is 0. The molecule has 2 aromatic carbocycles. The molecule has 3 rings (SSSR count). The van der Waals surface area contributed by atoms with Crippen molar-refractivity contribution >= 4 is 6.29 Å². The lowest BCUT2D eigenvalue weighted by Crippen LogP contribution is -1.85. The molecule has 3 aromatic rings. The highest BCUT2D eigenvalue weighted by atomic mass is 16.1. The Morgan fingerprint density at radius 3 is 2.75 bits per heavy atom. The van der Waals surface area contributed by atoms with E-state index in [0.29, 0.717) is 11.4 Å². The molecule has 0 amide bonds. The molecule has 0 radical (unpaired) electrons. The van der Waals surface area contributed by atoms with Gasteiger partial charge in [0.15, 0.2) is 11.6 Å². The third kappa shape index (κ3) is 2.23. The summed E-state index contributed by atoms with van der Waals surface area (Å²) in [6.45, 7) is 2.03. The molecule has 0 saturated carbocycles. The second kappa shape index (κ2) is 5.09. The quantitative estimate of drug-likeness (QED) is 0.738. The number of aryl methyl sites for hydroxylation is 1. The average molecular weight is 263 g/mol. The lowest BCUT2D eigenvalue weighted by Gasteiger charge is -2.00. The van der Waals surface area contributed by atoms with Gasteiger partial charge in [0.25, 0.3) is 0 Å². The van der Waals surface area contributed by atoms with E-state index in [1.165, 1.54) is 0 Å². The maximum Gasteiger partial charge on any atom is 0.181 e. The molecule has 0 spiro atoms. The minimum Gasteiger partial charge on any atom is -0.298 e. The molecule has 0 atom stereocenters. The molecule has 0 aliphatic heterocycles. The van der Waals surface area contributed by atoms with Crippen molar-refractivity contribution in [1.82, 2.24) is 15.2 Å². The van der Waals surface area contributed by atoms with E-state index in [1.54, 1.807) is 12.1 Å². The Bertz CT molecular complexity index is 762. The second-order valence-corrected chi connectivity index (χ2v) is 4.57. The Balaban J connectivity index is 2.02. The standard InChI is InChI=1S/C16H13N3O/c1-11-5-2-3-8-14(11)16-17-15(18-19-16)13-7-4-6-12(9-13)10-20/h2-10H,1H3,(H,17,18,19). The summed E-state index contributed by atoms with van der Waals surface area (Å²) >= 11 is 0. The van der Waals surface area contributed by atoms with Crippen molar-refractivity contribution in [1.29, 1.82) is 0 Å². The number of carbonyl (C=O) groups excluding carboxylic acids is 1. The first-order valence-corrected chi connectivity index (χ1v) is 6.32. The topological polar surface area (TPSA) is 58.6 Å². The molecule has 1 heterocycles. The molecule has 1 aromatic heterocycles. The molecule has 20 heavy (non-hydrogen) atoms. The van der Waals surface area contributed by atoms with Gasteiger partial charge in [-0.05, 0) is 18.6 Å². The van der Waals surface area contributed by atoms with Crippen molar-refractivity contribution in [2.24, 2.45) is 0 Å². The molecule has 4 heteroatoms. The number of aldehydes is 1. The van der Waals surface area contributed by atoms with Crippen LogP contribution in [0.15, 0.2) is 48.5 Å². The van der Waals surface area contributed by atoms with Gasteiger partial charge in [-0.2, -0.15) is 5.10 Å². The van der Waals surface area contributed by atoms with Crippen molar-refractivity contribution in [2.45, 2.75) is 6.92 Å². The lowest BCUT2D eigenvalue weighted by molar-refractivity contribution is 0.112. The van der Waals surface area contributed by atoms with Crippen molar-refractivity contribution < 1.29 is 4.79 Å². The molecule has 1 N–H and O–H groups in total. The first kappa shape index (κ1) is 12.3. The molecule has 0 unspecified atom stereocenters. The van der Waals surface area contributed by atoms with Crippen LogP contribution in [0.3, 0.4) is 0 Å². The SMILES string of the molecule is Cc1ccccc1-c1nc(-c2cccc(C=O)c2)n[nH]1. The molecule has 0 saturated heterocycles. The van der Waals surface area contributed by atoms with E-state index >= 15 is 0 Å². The molecule has 0 aliphatic carbocycles. The zero-order chi connectivity index (χ0) is 13.9. The summed E-state index contributed by atoms with van der Waals surface area (Å²) in [6, 6.07) is 15.2. The van der Waals surface area contributed by atoms with Crippen LogP contribution >= 0.6 is 0 Å². The van der Waals surface area contributed by atoms with Crippen LogP contribution in [-0.4, -0.2) is 21.5 Å². The van der Waals surface area contributed by atoms with Crippen molar-refractivity contribution in [2.75, 3.05) is 0 Å². The van der Waals surface area contributed by atoms with Crippen molar-refractivity contribution in [3.8, 4) is 22.8 Å². The number of aromatic nitrogens is 3. The van der Waals surface area contributed by atoms with Gasteiger partial charge in [-0.25, -0.2) is 4.98 Å². The van der Waals surface area contributed by atoms with E-state index in [4.69, 9.17) is 0 Å². The fraction of sp³-hybridized carbons (Fsp3) is 0.0625. The second-order valence-electron chi connectivity index (χ2n) is 4.57. The van der Waals surface area contributed by atoms with Crippen molar-refractivity contribution in [3.05, 3.63) is 59.7 Å². The lowest BCUT2D eigenvalue weighted by atomic mass is 10.1. The normalized spacial score (nSPS) is 10.4. The largest absolute Gasteiger partial charge is 0.298 e. The third-order valence-electron chi connectivity index (χ3n) is 3.17. The fourth-order valence-corrected chi connectivity index (χ4v) is 2.10. The Morgan fingerprint density at radius 2 is 1.95 bits per heavy atom. The van der Waals surface area contributed by atoms with E-state index in [-0.39, 0.29) is 0 Å². The summed E-state index contributed by atoms with van der Waals surface area (Å²) in [5, 5.41) is 7.18. The molecule has 4 nitrogen and oxygen atoms in total. The summed E-state index contributed by atoms with van der Waals surface area (Å²) in [7, 11) is 0. The van der Waals surface area contributed by atoms with Gasteiger partial charge in [0.05, 0.1) is 0 Å². The van der Waals surface area contributed by atoms with Gasteiger partial charge in [0, 0.05) is 16.7 Å². The van der Waals surface area contributed by atoms with E-state index in [0.717, 1.165) is 28.8 Å². The molecule has 0 fully saturated rings. The molecular formula is C16H13N3O. The molecular weight excluding hydrogens is 250 g/mol. The Labute approximate surface area is 116 Å². The van der Waals surface area contributed by atoms with Gasteiger partial charge >= 0.3 is 0 Å². The zero-order valence-electron chi connectivity index (χ0n) is 11.0.